The van der Waals surface area contributed by atoms with Crippen molar-refractivity contribution in [1.82, 2.24) is 14.6 Å². The number of rotatable bonds is 7. The molecule has 1 aromatic heterocycles. The Kier molecular flexibility index (Phi) is 7.28. The van der Waals surface area contributed by atoms with Gasteiger partial charge in [-0.05, 0) is 28.8 Å². The molecule has 2 heterocycles. The van der Waals surface area contributed by atoms with Crippen LogP contribution >= 0.6 is 0 Å². The van der Waals surface area contributed by atoms with Crippen LogP contribution in [0.25, 0.3) is 0 Å². The number of H-pyrrole nitrogens is 1. The fourth-order valence-corrected chi connectivity index (χ4v) is 9.65. The van der Waals surface area contributed by atoms with Crippen molar-refractivity contribution in [3.05, 3.63) is 93.3 Å². The summed E-state index contributed by atoms with van der Waals surface area (Å²) in [7, 11) is -0.726. The zero-order chi connectivity index (χ0) is 25.2. The van der Waals surface area contributed by atoms with E-state index < -0.39 is 14.0 Å². The molecule has 4 rings (SSSR count). The van der Waals surface area contributed by atoms with Crippen molar-refractivity contribution in [3.8, 4) is 0 Å². The SMILES string of the molecule is Cc1cn(C[C@H]2C[C@@H](CO[Si](c3ccccc3)(c3ccccc3)C(C)(C)C)N(C)O2)c(=O)[nH]c1=O. The molecule has 1 aliphatic heterocycles. The first kappa shape index (κ1) is 25.3. The largest absolute Gasteiger partial charge is 0.406 e. The van der Waals surface area contributed by atoms with Crippen LogP contribution in [0, 0.1) is 6.92 Å². The maximum absolute atomic E-state index is 12.2. The number of hydrogen-bond acceptors (Lipinski definition) is 5. The topological polar surface area (TPSA) is 76.6 Å². The van der Waals surface area contributed by atoms with Crippen molar-refractivity contribution in [2.24, 2.45) is 0 Å². The number of aryl methyl sites for hydroxylation is 1. The van der Waals surface area contributed by atoms with Crippen LogP contribution < -0.4 is 21.6 Å². The molecule has 0 bridgehead atoms. The van der Waals surface area contributed by atoms with E-state index >= 15 is 0 Å². The molecule has 1 aliphatic rings. The predicted molar refractivity (Wildman–Crippen MR) is 141 cm³/mol. The third kappa shape index (κ3) is 5.11. The molecule has 1 saturated heterocycles. The molecule has 0 radical (unpaired) electrons. The lowest BCUT2D eigenvalue weighted by Gasteiger charge is -2.43. The van der Waals surface area contributed by atoms with E-state index in [9.17, 15) is 9.59 Å². The first-order valence-electron chi connectivity index (χ1n) is 12.1. The minimum atomic E-state index is -2.64. The molecule has 186 valence electrons. The van der Waals surface area contributed by atoms with Gasteiger partial charge in [-0.3, -0.25) is 19.2 Å². The van der Waals surface area contributed by atoms with Crippen LogP contribution in [-0.2, 0) is 15.8 Å². The Morgan fingerprint density at radius 2 is 1.60 bits per heavy atom. The third-order valence-corrected chi connectivity index (χ3v) is 11.9. The van der Waals surface area contributed by atoms with Crippen molar-refractivity contribution in [1.29, 1.82) is 0 Å². The fraction of sp³-hybridized carbons (Fsp3) is 0.407. The van der Waals surface area contributed by atoms with Crippen LogP contribution in [-0.4, -0.2) is 48.7 Å². The second-order valence-corrected chi connectivity index (χ2v) is 14.7. The molecular weight excluding hydrogens is 458 g/mol. The molecule has 1 N–H and O–H groups in total. The Morgan fingerprint density at radius 3 is 2.14 bits per heavy atom. The first-order chi connectivity index (χ1) is 16.6. The molecule has 2 atom stereocenters. The first-order valence-corrected chi connectivity index (χ1v) is 14.0. The van der Waals surface area contributed by atoms with Crippen LogP contribution in [0.1, 0.15) is 32.8 Å². The van der Waals surface area contributed by atoms with Gasteiger partial charge in [0.1, 0.15) is 0 Å². The van der Waals surface area contributed by atoms with Gasteiger partial charge in [-0.1, -0.05) is 81.4 Å². The molecule has 3 aromatic rings. The zero-order valence-electron chi connectivity index (χ0n) is 21.2. The Bertz CT molecular complexity index is 1210. The second kappa shape index (κ2) is 10.1. The number of aromatic amines is 1. The number of benzene rings is 2. The third-order valence-electron chi connectivity index (χ3n) is 6.86. The lowest BCUT2D eigenvalue weighted by atomic mass is 10.1. The summed E-state index contributed by atoms with van der Waals surface area (Å²) in [6, 6.07) is 21.2. The fourth-order valence-electron chi connectivity index (χ4n) is 5.05. The highest BCUT2D eigenvalue weighted by Crippen LogP contribution is 2.37. The van der Waals surface area contributed by atoms with Crippen LogP contribution in [0.3, 0.4) is 0 Å². The summed E-state index contributed by atoms with van der Waals surface area (Å²) in [4.78, 5) is 32.4. The van der Waals surface area contributed by atoms with Gasteiger partial charge in [-0.15, -0.1) is 0 Å². The van der Waals surface area contributed by atoms with E-state index in [0.29, 0.717) is 18.7 Å². The Balaban J connectivity index is 1.58. The van der Waals surface area contributed by atoms with Gasteiger partial charge < -0.3 is 4.43 Å². The standard InChI is InChI=1S/C27H35N3O4Si/c1-20-17-30(26(32)28-25(20)31)18-22-16-21(29(5)34-22)19-33-35(27(2,3)4,23-12-8-6-9-13-23)24-14-10-7-11-15-24/h6-15,17,21-22H,16,18-19H2,1-5H3,(H,28,31,32)/t21-,22+/m0/s1. The van der Waals surface area contributed by atoms with Crippen molar-refractivity contribution in [3.63, 3.8) is 0 Å². The van der Waals surface area contributed by atoms with E-state index in [1.165, 1.54) is 14.9 Å². The van der Waals surface area contributed by atoms with Gasteiger partial charge in [0.2, 0.25) is 0 Å². The Hall–Kier alpha value is -2.78. The molecule has 0 aliphatic carbocycles. The summed E-state index contributed by atoms with van der Waals surface area (Å²) in [6.07, 6.45) is 2.13. The molecule has 2 aromatic carbocycles. The molecular formula is C27H35N3O4Si. The lowest BCUT2D eigenvalue weighted by molar-refractivity contribution is -0.150. The smallest absolute Gasteiger partial charge is 0.328 e. The zero-order valence-corrected chi connectivity index (χ0v) is 22.2. The second-order valence-electron chi connectivity index (χ2n) is 10.4. The van der Waals surface area contributed by atoms with Gasteiger partial charge in [0.05, 0.1) is 25.3 Å². The van der Waals surface area contributed by atoms with Crippen molar-refractivity contribution in [2.45, 2.75) is 57.8 Å². The number of hydroxylamine groups is 2. The molecule has 0 amide bonds. The number of hydrogen-bond donors (Lipinski definition) is 1. The van der Waals surface area contributed by atoms with E-state index in [1.807, 2.05) is 24.2 Å². The number of aromatic nitrogens is 2. The molecule has 0 saturated carbocycles. The number of likely N-dealkylation sites (N-methyl/N-ethyl adjacent to an activating group) is 1. The summed E-state index contributed by atoms with van der Waals surface area (Å²) in [5, 5.41) is 4.24. The van der Waals surface area contributed by atoms with Gasteiger partial charge in [0.25, 0.3) is 13.9 Å². The average Bonchev–Trinajstić information content (AvgIpc) is 3.17. The van der Waals surface area contributed by atoms with E-state index in [-0.39, 0.29) is 22.7 Å². The van der Waals surface area contributed by atoms with Gasteiger partial charge in [-0.25, -0.2) is 4.79 Å². The molecule has 1 fully saturated rings. The summed E-state index contributed by atoms with van der Waals surface area (Å²) < 4.78 is 8.59. The summed E-state index contributed by atoms with van der Waals surface area (Å²) in [5.41, 5.74) is -0.270. The van der Waals surface area contributed by atoms with E-state index in [0.717, 1.165) is 6.42 Å². The molecule has 7 nitrogen and oxygen atoms in total. The highest BCUT2D eigenvalue weighted by atomic mass is 28.4. The van der Waals surface area contributed by atoms with Gasteiger partial charge in [-0.2, -0.15) is 5.06 Å². The average molecular weight is 494 g/mol. The van der Waals surface area contributed by atoms with E-state index in [4.69, 9.17) is 9.26 Å². The number of nitrogens with one attached hydrogen (secondary N) is 1. The highest BCUT2D eigenvalue weighted by molar-refractivity contribution is 6.99. The minimum absolute atomic E-state index is 0.0428. The maximum atomic E-state index is 12.2. The monoisotopic (exact) mass is 493 g/mol. The predicted octanol–water partition coefficient (Wildman–Crippen LogP) is 2.43. The Morgan fingerprint density at radius 1 is 1.03 bits per heavy atom. The van der Waals surface area contributed by atoms with Gasteiger partial charge in [0.15, 0.2) is 0 Å². The summed E-state index contributed by atoms with van der Waals surface area (Å²) in [6.45, 7) is 9.37. The molecule has 35 heavy (non-hydrogen) atoms. The molecule has 8 heteroatoms. The van der Waals surface area contributed by atoms with Crippen molar-refractivity contribution in [2.75, 3.05) is 13.7 Å². The van der Waals surface area contributed by atoms with Crippen LogP contribution in [0.5, 0.6) is 0 Å². The van der Waals surface area contributed by atoms with Crippen LogP contribution in [0.2, 0.25) is 5.04 Å². The molecule has 0 unspecified atom stereocenters. The highest BCUT2D eigenvalue weighted by Gasteiger charge is 2.50. The van der Waals surface area contributed by atoms with Crippen LogP contribution in [0.4, 0.5) is 0 Å². The van der Waals surface area contributed by atoms with Gasteiger partial charge >= 0.3 is 5.69 Å². The normalized spacial score (nSPS) is 19.2. The minimum Gasteiger partial charge on any atom is -0.406 e. The Labute approximate surface area is 207 Å². The molecule has 0 spiro atoms. The van der Waals surface area contributed by atoms with E-state index in [2.05, 4.69) is 74.3 Å². The summed E-state index contributed by atoms with van der Waals surface area (Å²) in [5.74, 6) is 0. The lowest BCUT2D eigenvalue weighted by Crippen LogP contribution is -2.67. The quantitative estimate of drug-likeness (QED) is 0.512. The summed E-state index contributed by atoms with van der Waals surface area (Å²) >= 11 is 0. The number of nitrogens with zero attached hydrogens (tertiary/aromatic N) is 2. The van der Waals surface area contributed by atoms with Crippen molar-refractivity contribution >= 4 is 18.7 Å². The van der Waals surface area contributed by atoms with Gasteiger partial charge in [0, 0.05) is 18.8 Å². The van der Waals surface area contributed by atoms with E-state index in [1.54, 1.807) is 13.1 Å². The maximum Gasteiger partial charge on any atom is 0.328 e. The van der Waals surface area contributed by atoms with Crippen LogP contribution in [0.15, 0.2) is 76.4 Å². The van der Waals surface area contributed by atoms with Crippen molar-refractivity contribution < 1.29 is 9.26 Å².